The second-order valence-corrected chi connectivity index (χ2v) is 31.4. The average molecular weight is 1690 g/mol. The number of carbonyl (C=O) groups is 9. The third kappa shape index (κ3) is 17.4. The van der Waals surface area contributed by atoms with Crippen LogP contribution in [0.25, 0.3) is 56.3 Å². The summed E-state index contributed by atoms with van der Waals surface area (Å²) in [6, 6.07) is 51.9. The number of imide groups is 3. The second-order valence-electron chi connectivity index (χ2n) is 31.4. The maximum absolute atomic E-state index is 13.2. The van der Waals surface area contributed by atoms with E-state index in [9.17, 15) is 53.4 Å². The van der Waals surface area contributed by atoms with Crippen molar-refractivity contribution in [3.8, 4) is 126 Å². The van der Waals surface area contributed by atoms with Gasteiger partial charge in [-0.15, -0.1) is 0 Å². The van der Waals surface area contributed by atoms with Crippen LogP contribution >= 0.6 is 0 Å². The monoisotopic (exact) mass is 1680 g/mol. The summed E-state index contributed by atoms with van der Waals surface area (Å²) in [5.74, 6) is 18.2. The largest absolute Gasteiger partial charge is 0.506 e. The molecule has 0 radical (unpaired) electrons. The Balaban J connectivity index is 0.000000139. The standard InChI is InChI=1S/C34H35N5O5.C32H24N4O5.C31H25N5O5/c1-4-37-15-17-38(18-16-37)29-12-11-28(44-3)31(35-29)24-7-5-23(6-8-24)13-14-34(20-30(40)36-33(34)42)22-39-21-25-9-10-26(43-2)19-27(25)32(39)41;1-41-24-9-8-23-18-36(30(39)25(23)15-24)19-32(16-28(38)35-31(32)40)13-12-20-4-6-21(7-5-20)29-27(37)11-10-26(34-29)22-3-2-14-33-17-22;1-35-16-22(15-32-35)25-9-10-26(37)28(33-25)20-5-3-19(4-6-20)11-12-31(14-27(38)34-30(31)40)18-36-17-21-7-8-23(41-2)13-24(21)29(36)39/h5-12,19H,4,15-18,20-22H2,1-3H3,(H,36,40,42);2-11,14-15,17,37H,16,18-19H2,1H3,(H,35,38,40);3-10,13,15-16,37H,14,17-18H2,1-2H3,(H,34,38,40)/t34-;32-;31-/m111/s1. The third-order valence-electron chi connectivity index (χ3n) is 23.1. The molecular weight excluding hydrogens is 1600 g/mol. The minimum atomic E-state index is -1.38. The van der Waals surface area contributed by atoms with Gasteiger partial charge in [0.25, 0.3) is 17.7 Å². The van der Waals surface area contributed by atoms with Crippen LogP contribution in [0.15, 0.2) is 201 Å². The molecule has 7 aliphatic heterocycles. The van der Waals surface area contributed by atoms with E-state index in [0.717, 1.165) is 77.6 Å². The van der Waals surface area contributed by atoms with Crippen molar-refractivity contribution in [2.24, 2.45) is 23.3 Å². The molecule has 18 rings (SSSR count). The van der Waals surface area contributed by atoms with E-state index >= 15 is 0 Å². The van der Waals surface area contributed by atoms with Crippen molar-refractivity contribution in [3.63, 3.8) is 0 Å². The molecule has 0 bridgehead atoms. The number of methoxy groups -OCH3 is 4. The molecule has 0 saturated carbocycles. The number of likely N-dealkylation sites (N-methyl/N-ethyl adjacent to an activating group) is 1. The van der Waals surface area contributed by atoms with Crippen LogP contribution in [-0.4, -0.2) is 193 Å². The number of benzene rings is 6. The van der Waals surface area contributed by atoms with E-state index in [2.05, 4.69) is 88.2 Å². The van der Waals surface area contributed by atoms with Crippen molar-refractivity contribution in [1.82, 2.24) is 65.3 Å². The van der Waals surface area contributed by atoms with Gasteiger partial charge in [-0.25, -0.2) is 15.0 Å². The number of carbonyl (C=O) groups excluding carboxylic acids is 9. The molecule has 4 saturated heterocycles. The summed E-state index contributed by atoms with van der Waals surface area (Å²) in [6.45, 7) is 7.99. The van der Waals surface area contributed by atoms with Crippen LogP contribution < -0.4 is 39.8 Å². The summed E-state index contributed by atoms with van der Waals surface area (Å²) < 4.78 is 23.1. The van der Waals surface area contributed by atoms with E-state index in [4.69, 9.17) is 23.9 Å². The Morgan fingerprint density at radius 3 is 1.18 bits per heavy atom. The Kier molecular flexibility index (Phi) is 23.5. The number of piperazine rings is 1. The predicted octanol–water partition coefficient (Wildman–Crippen LogP) is 9.42. The highest BCUT2D eigenvalue weighted by atomic mass is 16.5. The number of ether oxygens (including phenoxy) is 4. The summed E-state index contributed by atoms with van der Waals surface area (Å²) in [6.07, 6.45) is 6.53. The first-order valence-electron chi connectivity index (χ1n) is 40.6. The summed E-state index contributed by atoms with van der Waals surface area (Å²) >= 11 is 0. The van der Waals surface area contributed by atoms with Crippen LogP contribution in [-0.2, 0) is 55.4 Å². The third-order valence-corrected chi connectivity index (χ3v) is 23.1. The summed E-state index contributed by atoms with van der Waals surface area (Å²) in [5.41, 5.74) is 8.59. The van der Waals surface area contributed by atoms with Crippen LogP contribution in [0.4, 0.5) is 5.82 Å². The first-order chi connectivity index (χ1) is 60.9. The molecule has 5 N–H and O–H groups in total. The van der Waals surface area contributed by atoms with Gasteiger partial charge >= 0.3 is 0 Å². The Hall–Kier alpha value is -15.8. The maximum atomic E-state index is 13.2. The average Bonchev–Trinajstić information content (AvgIpc) is 1.62. The number of nitrogens with one attached hydrogen (secondary N) is 3. The molecule has 7 aliphatic rings. The molecule has 29 heteroatoms. The normalized spacial score (nSPS) is 18.4. The molecule has 12 heterocycles. The van der Waals surface area contributed by atoms with E-state index in [1.54, 1.807) is 161 Å². The lowest BCUT2D eigenvalue weighted by atomic mass is 9.85. The zero-order valence-corrected chi connectivity index (χ0v) is 69.6. The second kappa shape index (κ2) is 35.3. The topological polar surface area (TPSA) is 353 Å². The molecule has 0 spiro atoms. The van der Waals surface area contributed by atoms with Gasteiger partial charge in [0.15, 0.2) is 0 Å². The molecule has 3 atom stereocenters. The fourth-order valence-electron chi connectivity index (χ4n) is 16.2. The Bertz CT molecular complexity index is 6440. The first kappa shape index (κ1) is 83.8. The van der Waals surface area contributed by atoms with Gasteiger partial charge in [0, 0.05) is 152 Å². The van der Waals surface area contributed by atoms with E-state index in [1.807, 2.05) is 80.0 Å². The minimum absolute atomic E-state index is 0.00587. The van der Waals surface area contributed by atoms with E-state index in [1.165, 1.54) is 14.2 Å². The van der Waals surface area contributed by atoms with Gasteiger partial charge < -0.3 is 53.7 Å². The molecule has 4 fully saturated rings. The van der Waals surface area contributed by atoms with Gasteiger partial charge in [0.2, 0.25) is 35.4 Å². The van der Waals surface area contributed by atoms with Gasteiger partial charge in [-0.3, -0.25) is 68.8 Å². The predicted molar refractivity (Wildman–Crippen MR) is 463 cm³/mol. The smallest absolute Gasteiger partial charge is 0.254 e. The number of fused-ring (bicyclic) bond motifs is 3. The zero-order chi connectivity index (χ0) is 88.1. The van der Waals surface area contributed by atoms with Crippen molar-refractivity contribution in [3.05, 3.63) is 251 Å². The SMILES string of the molecule is CCN1CCN(c2ccc(OC)c(-c3ccc(C#C[C@]4(CN5Cc6ccc(OC)cc6C5=O)CC(=O)NC4=O)cc3)n2)CC1.COc1ccc2c(c1)C(=O)N(C[C@@]1(C#Cc3ccc(-c4nc(-c5cccnc5)ccc4O)cc3)CC(=O)NC1=O)C2.COc1ccc2c(c1)C(=O)N(C[C@@]1(C#Cc3ccc(-c4nc(-c5cnn(C)c5)ccc4O)cc3)CC(=O)NC1=O)C2. The molecule has 29 nitrogen and oxygen atoms in total. The molecular formula is C97H84N14O15. The maximum Gasteiger partial charge on any atom is 0.254 e. The number of anilines is 1. The lowest BCUT2D eigenvalue weighted by molar-refractivity contribution is -0.128. The van der Waals surface area contributed by atoms with Crippen molar-refractivity contribution in [2.75, 3.05) is 85.7 Å². The number of hydrogen-bond donors (Lipinski definition) is 5. The molecule has 11 aromatic rings. The van der Waals surface area contributed by atoms with Crippen LogP contribution in [0.1, 0.15) is 90.6 Å². The lowest BCUT2D eigenvalue weighted by Crippen LogP contribution is -2.46. The van der Waals surface area contributed by atoms with Crippen molar-refractivity contribution >= 4 is 59.0 Å². The first-order valence-corrected chi connectivity index (χ1v) is 40.6. The fourth-order valence-corrected chi connectivity index (χ4v) is 16.2. The Morgan fingerprint density at radius 1 is 0.429 bits per heavy atom. The number of aromatic hydroxyl groups is 2. The summed E-state index contributed by atoms with van der Waals surface area (Å²) in [4.78, 5) is 143. The lowest BCUT2D eigenvalue weighted by Gasteiger charge is -2.35. The van der Waals surface area contributed by atoms with Crippen LogP contribution in [0.3, 0.4) is 0 Å². The fraction of sp³-hybridized carbons (Fsp3) is 0.237. The van der Waals surface area contributed by atoms with E-state index in [-0.39, 0.29) is 68.1 Å². The molecule has 5 aromatic heterocycles. The van der Waals surface area contributed by atoms with Gasteiger partial charge in [-0.2, -0.15) is 5.10 Å². The minimum Gasteiger partial charge on any atom is -0.506 e. The highest BCUT2D eigenvalue weighted by Crippen LogP contribution is 2.41. The number of rotatable bonds is 17. The van der Waals surface area contributed by atoms with Gasteiger partial charge in [-0.05, 0) is 145 Å². The number of aryl methyl sites for hydroxylation is 1. The Labute approximate surface area is 724 Å². The number of nitrogens with zero attached hydrogens (tertiary/aromatic N) is 11. The molecule has 632 valence electrons. The molecule has 0 aliphatic carbocycles. The number of pyridine rings is 4. The van der Waals surface area contributed by atoms with E-state index < -0.39 is 51.7 Å². The summed E-state index contributed by atoms with van der Waals surface area (Å²) in [5, 5.41) is 32.2. The highest BCUT2D eigenvalue weighted by Gasteiger charge is 2.52. The molecule has 6 aromatic carbocycles. The zero-order valence-electron chi connectivity index (χ0n) is 69.6. The number of amides is 9. The molecule has 126 heavy (non-hydrogen) atoms. The summed E-state index contributed by atoms with van der Waals surface area (Å²) in [7, 11) is 8.06. The van der Waals surface area contributed by atoms with E-state index in [0.29, 0.717) is 110 Å². The van der Waals surface area contributed by atoms with Crippen molar-refractivity contribution < 1.29 is 72.3 Å². The number of aromatic nitrogens is 6. The quantitative estimate of drug-likeness (QED) is 0.0418. The van der Waals surface area contributed by atoms with Gasteiger partial charge in [0.05, 0.1) is 65.3 Å². The van der Waals surface area contributed by atoms with Crippen molar-refractivity contribution in [2.45, 2.75) is 45.8 Å². The van der Waals surface area contributed by atoms with Crippen molar-refractivity contribution in [1.29, 1.82) is 0 Å². The molecule has 0 unspecified atom stereocenters. The van der Waals surface area contributed by atoms with Crippen LogP contribution in [0.2, 0.25) is 0 Å². The Morgan fingerprint density at radius 2 is 0.833 bits per heavy atom. The molecule has 9 amide bonds. The highest BCUT2D eigenvalue weighted by molar-refractivity contribution is 6.11. The van der Waals surface area contributed by atoms with Gasteiger partial charge in [0.1, 0.15) is 73.6 Å². The number of hydrogen-bond acceptors (Lipinski definition) is 22. The van der Waals surface area contributed by atoms with Crippen LogP contribution in [0, 0.1) is 51.8 Å². The van der Waals surface area contributed by atoms with Crippen LogP contribution in [0.5, 0.6) is 34.5 Å². The van der Waals surface area contributed by atoms with Gasteiger partial charge in [-0.1, -0.05) is 97.0 Å².